The number of benzene rings is 8. The summed E-state index contributed by atoms with van der Waals surface area (Å²) < 4.78 is 15.7. The van der Waals surface area contributed by atoms with Crippen molar-refractivity contribution < 1.29 is 8.83 Å². The van der Waals surface area contributed by atoms with Gasteiger partial charge in [-0.15, -0.1) is 0 Å². The normalized spacial score (nSPS) is 15.9. The number of furan rings is 2. The van der Waals surface area contributed by atoms with Crippen LogP contribution in [0.15, 0.2) is 196 Å². The van der Waals surface area contributed by atoms with E-state index >= 15 is 0 Å². The fourth-order valence-corrected chi connectivity index (χ4v) is 8.88. The first-order valence-corrected chi connectivity index (χ1v) is 19.4. The van der Waals surface area contributed by atoms with Gasteiger partial charge in [-0.1, -0.05) is 133 Å². The summed E-state index contributed by atoms with van der Waals surface area (Å²) in [7, 11) is 0. The second-order valence-corrected chi connectivity index (χ2v) is 14.8. The summed E-state index contributed by atoms with van der Waals surface area (Å²) in [5, 5.41) is 14.3. The average molecular weight is 735 g/mol. The predicted molar refractivity (Wildman–Crippen MR) is 232 cm³/mol. The minimum absolute atomic E-state index is 0.227. The van der Waals surface area contributed by atoms with Crippen LogP contribution >= 0.6 is 0 Å². The number of rotatable bonds is 5. The van der Waals surface area contributed by atoms with Gasteiger partial charge in [0.2, 0.25) is 0 Å². The maximum atomic E-state index is 6.77. The van der Waals surface area contributed by atoms with Crippen LogP contribution in [0.5, 0.6) is 0 Å². The van der Waals surface area contributed by atoms with Crippen molar-refractivity contribution in [3.63, 3.8) is 0 Å². The summed E-state index contributed by atoms with van der Waals surface area (Å²) in [6.45, 7) is 0. The summed E-state index contributed by atoms with van der Waals surface area (Å²) in [6.07, 6.45) is -0.458. The lowest BCUT2D eigenvalue weighted by Gasteiger charge is -2.32. The smallest absolute Gasteiger partial charge is 0.143 e. The predicted octanol–water partition coefficient (Wildman–Crippen LogP) is 12.6. The molecule has 2 N–H and O–H groups in total. The third kappa shape index (κ3) is 5.04. The number of aliphatic imine (C=N–C) groups is 1. The number of para-hydroxylation sites is 3. The molecule has 12 rings (SSSR count). The molecule has 0 saturated carbocycles. The van der Waals surface area contributed by atoms with Crippen molar-refractivity contribution in [2.75, 3.05) is 0 Å². The molecule has 0 fully saturated rings. The van der Waals surface area contributed by atoms with Crippen molar-refractivity contribution in [2.24, 2.45) is 4.99 Å². The molecule has 57 heavy (non-hydrogen) atoms. The van der Waals surface area contributed by atoms with Crippen molar-refractivity contribution in [1.29, 1.82) is 0 Å². The number of hydrogen-bond acceptors (Lipinski definition) is 5. The van der Waals surface area contributed by atoms with Crippen molar-refractivity contribution >= 4 is 71.5 Å². The minimum atomic E-state index is -0.231. The van der Waals surface area contributed by atoms with Crippen molar-refractivity contribution in [3.05, 3.63) is 199 Å². The number of nitrogens with zero attached hydrogens (tertiary/aromatic N) is 2. The van der Waals surface area contributed by atoms with Crippen molar-refractivity contribution in [2.45, 2.75) is 12.3 Å². The van der Waals surface area contributed by atoms with Crippen LogP contribution < -0.4 is 10.6 Å². The van der Waals surface area contributed by atoms with Crippen LogP contribution in [-0.4, -0.2) is 10.4 Å². The Balaban J connectivity index is 0.958. The molecule has 0 bridgehead atoms. The quantitative estimate of drug-likeness (QED) is 0.185. The molecule has 1 aliphatic heterocycles. The number of nitrogens with one attached hydrogen (secondary N) is 2. The van der Waals surface area contributed by atoms with Gasteiger partial charge in [-0.2, -0.15) is 0 Å². The number of fused-ring (bicyclic) bond motifs is 9. The standard InChI is InChI=1S/C51H34N4O2/c1-3-13-31(14-4-1)49-52-50(32-15-5-2-6-16-32)54-51(53-49)40-21-12-24-45-47(40)39-20-11-19-35(48(39)57-45)33-25-27-38-41-30-34(26-28-44(41)56-46(38)29-33)55-42-22-9-7-17-36(42)37-18-8-10-23-43(37)55/h1-30,49,51,53H,(H,52,54). The second-order valence-electron chi connectivity index (χ2n) is 14.8. The van der Waals surface area contributed by atoms with E-state index in [0.29, 0.717) is 0 Å². The van der Waals surface area contributed by atoms with Crippen LogP contribution in [0.3, 0.4) is 0 Å². The van der Waals surface area contributed by atoms with Gasteiger partial charge in [-0.3, -0.25) is 5.32 Å². The Hall–Kier alpha value is -7.41. The SMILES string of the molecule is c1ccc(C2=NC(c3ccccc3)NC(c3cccc4oc5c(-c6ccc7c(c6)oc6ccc(-n8c9ccccc9c9ccccc98)cc67)cccc5c34)N2)cc1. The van der Waals surface area contributed by atoms with E-state index in [1.54, 1.807) is 0 Å². The van der Waals surface area contributed by atoms with E-state index in [9.17, 15) is 0 Å². The molecule has 6 heteroatoms. The monoisotopic (exact) mass is 734 g/mol. The Bertz CT molecular complexity index is 3320. The molecule has 6 nitrogen and oxygen atoms in total. The van der Waals surface area contributed by atoms with Gasteiger partial charge in [0.1, 0.15) is 40.5 Å². The number of hydrogen-bond donors (Lipinski definition) is 2. The highest BCUT2D eigenvalue weighted by molar-refractivity contribution is 6.13. The van der Waals surface area contributed by atoms with E-state index < -0.39 is 0 Å². The average Bonchev–Trinajstić information content (AvgIpc) is 3.96. The Morgan fingerprint density at radius 2 is 1.21 bits per heavy atom. The highest BCUT2D eigenvalue weighted by atomic mass is 16.3. The van der Waals surface area contributed by atoms with Gasteiger partial charge in [0.15, 0.2) is 0 Å². The lowest BCUT2D eigenvalue weighted by atomic mass is 9.98. The van der Waals surface area contributed by atoms with Gasteiger partial charge < -0.3 is 18.7 Å². The van der Waals surface area contributed by atoms with E-state index in [1.807, 2.05) is 24.3 Å². The highest BCUT2D eigenvalue weighted by Crippen LogP contribution is 2.42. The Morgan fingerprint density at radius 3 is 2.02 bits per heavy atom. The van der Waals surface area contributed by atoms with Crippen LogP contribution in [0.2, 0.25) is 0 Å². The van der Waals surface area contributed by atoms with Crippen LogP contribution in [0.4, 0.5) is 0 Å². The summed E-state index contributed by atoms with van der Waals surface area (Å²) in [6, 6.07) is 63.7. The Kier molecular flexibility index (Phi) is 7.03. The summed E-state index contributed by atoms with van der Waals surface area (Å²) in [4.78, 5) is 5.12. The molecule has 0 radical (unpaired) electrons. The van der Waals surface area contributed by atoms with E-state index in [4.69, 9.17) is 13.8 Å². The van der Waals surface area contributed by atoms with E-state index in [-0.39, 0.29) is 12.3 Å². The molecule has 0 aliphatic carbocycles. The van der Waals surface area contributed by atoms with E-state index in [0.717, 1.165) is 83.2 Å². The molecule has 0 amide bonds. The first-order chi connectivity index (χ1) is 28.2. The third-order valence-electron chi connectivity index (χ3n) is 11.5. The fraction of sp³-hybridized carbons (Fsp3) is 0.0392. The molecule has 1 aliphatic rings. The Morgan fingerprint density at radius 1 is 0.491 bits per heavy atom. The summed E-state index contributed by atoms with van der Waals surface area (Å²) in [5.41, 5.74) is 12.1. The molecule has 270 valence electrons. The zero-order chi connectivity index (χ0) is 37.5. The lowest BCUT2D eigenvalue weighted by Crippen LogP contribution is -2.45. The van der Waals surface area contributed by atoms with Gasteiger partial charge >= 0.3 is 0 Å². The van der Waals surface area contributed by atoms with Gasteiger partial charge in [0.25, 0.3) is 0 Å². The highest BCUT2D eigenvalue weighted by Gasteiger charge is 2.28. The van der Waals surface area contributed by atoms with Gasteiger partial charge in [-0.25, -0.2) is 4.99 Å². The molecule has 0 spiro atoms. The fourth-order valence-electron chi connectivity index (χ4n) is 8.88. The maximum Gasteiger partial charge on any atom is 0.143 e. The van der Waals surface area contributed by atoms with E-state index in [2.05, 4.69) is 173 Å². The molecule has 0 saturated heterocycles. The lowest BCUT2D eigenvalue weighted by molar-refractivity contribution is 0.411. The Labute approximate surface area is 327 Å². The van der Waals surface area contributed by atoms with Crippen LogP contribution in [0.25, 0.3) is 82.5 Å². The van der Waals surface area contributed by atoms with Crippen LogP contribution in [-0.2, 0) is 0 Å². The number of amidine groups is 1. The summed E-state index contributed by atoms with van der Waals surface area (Å²) in [5.74, 6) is 0.847. The molecule has 11 aromatic rings. The van der Waals surface area contributed by atoms with Gasteiger partial charge in [-0.05, 0) is 59.7 Å². The second kappa shape index (κ2) is 12.6. The maximum absolute atomic E-state index is 6.77. The third-order valence-corrected chi connectivity index (χ3v) is 11.5. The minimum Gasteiger partial charge on any atom is -0.456 e. The van der Waals surface area contributed by atoms with Crippen molar-refractivity contribution in [1.82, 2.24) is 15.2 Å². The zero-order valence-corrected chi connectivity index (χ0v) is 30.7. The first-order valence-electron chi connectivity index (χ1n) is 19.4. The van der Waals surface area contributed by atoms with Crippen LogP contribution in [0, 0.1) is 0 Å². The largest absolute Gasteiger partial charge is 0.456 e. The first kappa shape index (κ1) is 31.9. The molecular weight excluding hydrogens is 701 g/mol. The van der Waals surface area contributed by atoms with Crippen molar-refractivity contribution in [3.8, 4) is 16.8 Å². The molecule has 2 atom stereocenters. The molecule has 4 heterocycles. The topological polar surface area (TPSA) is 67.6 Å². The zero-order valence-electron chi connectivity index (χ0n) is 30.7. The van der Waals surface area contributed by atoms with E-state index in [1.165, 1.54) is 21.8 Å². The van der Waals surface area contributed by atoms with Crippen LogP contribution in [0.1, 0.15) is 29.0 Å². The molecule has 8 aromatic carbocycles. The summed E-state index contributed by atoms with van der Waals surface area (Å²) >= 11 is 0. The van der Waals surface area contributed by atoms with Gasteiger partial charge in [0, 0.05) is 54.7 Å². The van der Waals surface area contributed by atoms with Gasteiger partial charge in [0.05, 0.1) is 11.0 Å². The molecular formula is C51H34N4O2. The number of aromatic nitrogens is 1. The molecule has 2 unspecified atom stereocenters. The molecule has 3 aromatic heterocycles.